The SMILES string of the molecule is Cc1ccc(C)c(-c2ccccc2S(=O)(=O)O)c1. The van der Waals surface area contributed by atoms with Crippen molar-refractivity contribution >= 4 is 10.1 Å². The van der Waals surface area contributed by atoms with Crippen molar-refractivity contribution in [2.75, 3.05) is 0 Å². The van der Waals surface area contributed by atoms with Crippen LogP contribution in [-0.2, 0) is 10.1 Å². The Hall–Kier alpha value is -1.65. The molecule has 18 heavy (non-hydrogen) atoms. The Labute approximate surface area is 107 Å². The number of aryl methyl sites for hydroxylation is 2. The van der Waals surface area contributed by atoms with Gasteiger partial charge in [0.05, 0.1) is 0 Å². The van der Waals surface area contributed by atoms with Crippen LogP contribution in [0.25, 0.3) is 11.1 Å². The van der Waals surface area contributed by atoms with Gasteiger partial charge in [0.2, 0.25) is 0 Å². The molecule has 94 valence electrons. The fraction of sp³-hybridized carbons (Fsp3) is 0.143. The van der Waals surface area contributed by atoms with Crippen LogP contribution in [0.15, 0.2) is 47.4 Å². The zero-order valence-electron chi connectivity index (χ0n) is 10.2. The van der Waals surface area contributed by atoms with Crippen molar-refractivity contribution in [2.45, 2.75) is 18.7 Å². The molecule has 0 aliphatic carbocycles. The molecule has 0 aliphatic rings. The van der Waals surface area contributed by atoms with E-state index in [0.717, 1.165) is 16.7 Å². The Morgan fingerprint density at radius 1 is 0.944 bits per heavy atom. The summed E-state index contributed by atoms with van der Waals surface area (Å²) in [7, 11) is -4.21. The molecule has 2 aromatic carbocycles. The van der Waals surface area contributed by atoms with Crippen molar-refractivity contribution in [3.05, 3.63) is 53.6 Å². The molecule has 3 nitrogen and oxygen atoms in total. The molecule has 0 spiro atoms. The van der Waals surface area contributed by atoms with Gasteiger partial charge in [-0.05, 0) is 31.0 Å². The molecule has 0 radical (unpaired) electrons. The second-order valence-electron chi connectivity index (χ2n) is 4.29. The molecule has 0 aliphatic heterocycles. The maximum Gasteiger partial charge on any atom is 0.295 e. The van der Waals surface area contributed by atoms with E-state index in [0.29, 0.717) is 5.56 Å². The Kier molecular flexibility index (Phi) is 3.24. The first-order valence-electron chi connectivity index (χ1n) is 5.54. The van der Waals surface area contributed by atoms with Gasteiger partial charge in [0.15, 0.2) is 0 Å². The Morgan fingerprint density at radius 2 is 1.61 bits per heavy atom. The summed E-state index contributed by atoms with van der Waals surface area (Å²) in [6, 6.07) is 12.3. The summed E-state index contributed by atoms with van der Waals surface area (Å²) in [5.74, 6) is 0. The third kappa shape index (κ3) is 2.44. The van der Waals surface area contributed by atoms with Crippen LogP contribution in [0.3, 0.4) is 0 Å². The van der Waals surface area contributed by atoms with Gasteiger partial charge in [-0.3, -0.25) is 4.55 Å². The molecule has 0 saturated heterocycles. The molecule has 0 bridgehead atoms. The Bertz CT molecular complexity index is 688. The lowest BCUT2D eigenvalue weighted by molar-refractivity contribution is 0.483. The van der Waals surface area contributed by atoms with Crippen molar-refractivity contribution in [3.63, 3.8) is 0 Å². The zero-order valence-corrected chi connectivity index (χ0v) is 11.0. The van der Waals surface area contributed by atoms with E-state index in [1.54, 1.807) is 18.2 Å². The lowest BCUT2D eigenvalue weighted by Crippen LogP contribution is -2.01. The predicted octanol–water partition coefficient (Wildman–Crippen LogP) is 3.22. The highest BCUT2D eigenvalue weighted by atomic mass is 32.2. The number of rotatable bonds is 2. The van der Waals surface area contributed by atoms with Gasteiger partial charge >= 0.3 is 0 Å². The summed E-state index contributed by atoms with van der Waals surface area (Å²) in [4.78, 5) is -0.0568. The zero-order chi connectivity index (χ0) is 13.3. The topological polar surface area (TPSA) is 54.4 Å². The molecule has 2 rings (SSSR count). The van der Waals surface area contributed by atoms with Crippen molar-refractivity contribution < 1.29 is 13.0 Å². The highest BCUT2D eigenvalue weighted by molar-refractivity contribution is 7.86. The maximum atomic E-state index is 11.4. The summed E-state index contributed by atoms with van der Waals surface area (Å²) in [6.07, 6.45) is 0. The quantitative estimate of drug-likeness (QED) is 0.845. The fourth-order valence-electron chi connectivity index (χ4n) is 1.94. The van der Waals surface area contributed by atoms with E-state index < -0.39 is 10.1 Å². The molecule has 0 unspecified atom stereocenters. The minimum absolute atomic E-state index is 0.0568. The van der Waals surface area contributed by atoms with Crippen LogP contribution in [-0.4, -0.2) is 13.0 Å². The minimum Gasteiger partial charge on any atom is -0.282 e. The van der Waals surface area contributed by atoms with Crippen LogP contribution in [0, 0.1) is 13.8 Å². The highest BCUT2D eigenvalue weighted by Crippen LogP contribution is 2.30. The molecular weight excluding hydrogens is 248 g/mol. The number of hydrogen-bond donors (Lipinski definition) is 1. The van der Waals surface area contributed by atoms with Crippen molar-refractivity contribution in [1.29, 1.82) is 0 Å². The molecule has 0 amide bonds. The van der Waals surface area contributed by atoms with Crippen LogP contribution >= 0.6 is 0 Å². The first-order chi connectivity index (χ1) is 8.39. The minimum atomic E-state index is -4.21. The number of hydrogen-bond acceptors (Lipinski definition) is 2. The molecule has 0 fully saturated rings. The molecule has 0 atom stereocenters. The third-order valence-electron chi connectivity index (χ3n) is 2.85. The van der Waals surface area contributed by atoms with Crippen LogP contribution in [0.1, 0.15) is 11.1 Å². The third-order valence-corrected chi connectivity index (χ3v) is 3.76. The maximum absolute atomic E-state index is 11.4. The molecule has 0 saturated carbocycles. The fourth-order valence-corrected chi connectivity index (χ4v) is 2.65. The van der Waals surface area contributed by atoms with E-state index in [1.807, 2.05) is 32.0 Å². The summed E-state index contributed by atoms with van der Waals surface area (Å²) in [6.45, 7) is 3.86. The van der Waals surface area contributed by atoms with E-state index in [2.05, 4.69) is 0 Å². The van der Waals surface area contributed by atoms with Crippen LogP contribution < -0.4 is 0 Å². The van der Waals surface area contributed by atoms with Crippen molar-refractivity contribution in [1.82, 2.24) is 0 Å². The van der Waals surface area contributed by atoms with E-state index in [9.17, 15) is 13.0 Å². The van der Waals surface area contributed by atoms with E-state index in [-0.39, 0.29) is 4.90 Å². The first kappa shape index (κ1) is 12.8. The average molecular weight is 262 g/mol. The standard InChI is InChI=1S/C14H14O3S/c1-10-7-8-11(2)13(9-10)12-5-3-4-6-14(12)18(15,16)17/h3-9H,1-2H3,(H,15,16,17). The largest absolute Gasteiger partial charge is 0.295 e. The summed E-state index contributed by atoms with van der Waals surface area (Å²) >= 11 is 0. The van der Waals surface area contributed by atoms with E-state index >= 15 is 0 Å². The van der Waals surface area contributed by atoms with Gasteiger partial charge in [-0.25, -0.2) is 0 Å². The molecule has 1 N–H and O–H groups in total. The van der Waals surface area contributed by atoms with Gasteiger partial charge in [0, 0.05) is 5.56 Å². The second kappa shape index (κ2) is 4.55. The summed E-state index contributed by atoms with van der Waals surface area (Å²) in [5.41, 5.74) is 3.36. The van der Waals surface area contributed by atoms with Gasteiger partial charge in [-0.2, -0.15) is 8.42 Å². The van der Waals surface area contributed by atoms with Gasteiger partial charge < -0.3 is 0 Å². The average Bonchev–Trinajstić information content (AvgIpc) is 2.31. The summed E-state index contributed by atoms with van der Waals surface area (Å²) in [5, 5.41) is 0. The van der Waals surface area contributed by atoms with Gasteiger partial charge in [-0.1, -0.05) is 42.0 Å². The molecule has 4 heteroatoms. The first-order valence-corrected chi connectivity index (χ1v) is 6.98. The van der Waals surface area contributed by atoms with Crippen LogP contribution in [0.2, 0.25) is 0 Å². The molecular formula is C14H14O3S. The van der Waals surface area contributed by atoms with Gasteiger partial charge in [0.1, 0.15) is 4.90 Å². The molecule has 0 aromatic heterocycles. The van der Waals surface area contributed by atoms with Crippen LogP contribution in [0.5, 0.6) is 0 Å². The second-order valence-corrected chi connectivity index (χ2v) is 5.68. The Balaban J connectivity index is 2.76. The van der Waals surface area contributed by atoms with Crippen LogP contribution in [0.4, 0.5) is 0 Å². The van der Waals surface area contributed by atoms with Crippen molar-refractivity contribution in [3.8, 4) is 11.1 Å². The lowest BCUT2D eigenvalue weighted by atomic mass is 9.98. The predicted molar refractivity (Wildman–Crippen MR) is 71.2 cm³/mol. The van der Waals surface area contributed by atoms with Crippen molar-refractivity contribution in [2.24, 2.45) is 0 Å². The van der Waals surface area contributed by atoms with E-state index in [1.165, 1.54) is 6.07 Å². The smallest absolute Gasteiger partial charge is 0.282 e. The normalized spacial score (nSPS) is 11.5. The summed E-state index contributed by atoms with van der Waals surface area (Å²) < 4.78 is 32.0. The highest BCUT2D eigenvalue weighted by Gasteiger charge is 2.16. The van der Waals surface area contributed by atoms with E-state index in [4.69, 9.17) is 0 Å². The Morgan fingerprint density at radius 3 is 2.28 bits per heavy atom. The van der Waals surface area contributed by atoms with Gasteiger partial charge in [-0.15, -0.1) is 0 Å². The monoisotopic (exact) mass is 262 g/mol. The molecule has 2 aromatic rings. The lowest BCUT2D eigenvalue weighted by Gasteiger charge is -2.10. The molecule has 0 heterocycles. The van der Waals surface area contributed by atoms with Gasteiger partial charge in [0.25, 0.3) is 10.1 Å². The number of benzene rings is 2.